The summed E-state index contributed by atoms with van der Waals surface area (Å²) in [4.78, 5) is 15.6. The third-order valence-electron chi connectivity index (χ3n) is 5.21. The molecule has 0 aliphatic carbocycles. The van der Waals surface area contributed by atoms with Crippen LogP contribution in [-0.4, -0.2) is 87.0 Å². The van der Waals surface area contributed by atoms with Crippen molar-refractivity contribution >= 4 is 15.9 Å². The fourth-order valence-electron chi connectivity index (χ4n) is 3.68. The lowest BCUT2D eigenvalue weighted by atomic mass is 10.2. The van der Waals surface area contributed by atoms with Gasteiger partial charge in [0.05, 0.1) is 18.1 Å². The monoisotopic (exact) mass is 417 g/mol. The number of sulfonamides is 1. The predicted octanol–water partition coefficient (Wildman–Crippen LogP) is 0.909. The molecule has 1 aromatic carbocycles. The first-order chi connectivity index (χ1) is 13.3. The van der Waals surface area contributed by atoms with Crippen molar-refractivity contribution in [2.24, 2.45) is 0 Å². The Kier molecular flexibility index (Phi) is 6.64. The highest BCUT2D eigenvalue weighted by Crippen LogP contribution is 2.25. The van der Waals surface area contributed by atoms with Crippen LogP contribution >= 0.6 is 0 Å². The van der Waals surface area contributed by atoms with Gasteiger partial charge in [-0.1, -0.05) is 0 Å². The third kappa shape index (κ3) is 4.86. The molecule has 1 aromatic rings. The van der Waals surface area contributed by atoms with Gasteiger partial charge in [0.2, 0.25) is 15.9 Å². The zero-order valence-corrected chi connectivity index (χ0v) is 16.6. The molecule has 0 radical (unpaired) electrons. The smallest absolute Gasteiger partial charge is 0.243 e. The van der Waals surface area contributed by atoms with E-state index in [1.54, 1.807) is 4.90 Å². The normalized spacial score (nSPS) is 21.8. The highest BCUT2D eigenvalue weighted by Gasteiger charge is 2.36. The number of ether oxygens (including phenoxy) is 1. The Labute approximate surface area is 163 Å². The lowest BCUT2D eigenvalue weighted by molar-refractivity contribution is -0.131. The third-order valence-corrected chi connectivity index (χ3v) is 7.05. The van der Waals surface area contributed by atoms with E-state index in [2.05, 4.69) is 4.90 Å². The summed E-state index contributed by atoms with van der Waals surface area (Å²) >= 11 is 0. The van der Waals surface area contributed by atoms with Crippen LogP contribution in [0.1, 0.15) is 13.3 Å². The molecule has 2 heterocycles. The summed E-state index contributed by atoms with van der Waals surface area (Å²) in [6.45, 7) is 5.93. The number of hydrogen-bond acceptors (Lipinski definition) is 5. The average molecular weight is 417 g/mol. The Morgan fingerprint density at radius 1 is 1.18 bits per heavy atom. The highest BCUT2D eigenvalue weighted by atomic mass is 32.2. The molecule has 0 saturated carbocycles. The minimum atomic E-state index is -4.02. The second-order valence-electron chi connectivity index (χ2n) is 7.08. The van der Waals surface area contributed by atoms with E-state index < -0.39 is 26.6 Å². The maximum atomic E-state index is 13.4. The summed E-state index contributed by atoms with van der Waals surface area (Å²) in [5, 5.41) is 0. The van der Waals surface area contributed by atoms with Crippen LogP contribution in [0.25, 0.3) is 0 Å². The number of hydrogen-bond donors (Lipinski definition) is 0. The number of carbonyl (C=O) groups is 1. The molecule has 2 aliphatic heterocycles. The number of rotatable bonds is 6. The van der Waals surface area contributed by atoms with Gasteiger partial charge in [-0.25, -0.2) is 17.2 Å². The van der Waals surface area contributed by atoms with E-state index in [1.165, 1.54) is 11.2 Å². The molecule has 0 bridgehead atoms. The van der Waals surface area contributed by atoms with Gasteiger partial charge in [0.25, 0.3) is 0 Å². The second-order valence-corrected chi connectivity index (χ2v) is 9.02. The van der Waals surface area contributed by atoms with E-state index in [9.17, 15) is 22.0 Å². The molecule has 0 N–H and O–H groups in total. The van der Waals surface area contributed by atoms with Gasteiger partial charge < -0.3 is 9.64 Å². The summed E-state index contributed by atoms with van der Waals surface area (Å²) < 4.78 is 58.9. The Morgan fingerprint density at radius 2 is 1.82 bits per heavy atom. The first-order valence-electron chi connectivity index (χ1n) is 9.31. The summed E-state index contributed by atoms with van der Waals surface area (Å²) in [5.41, 5.74) is 0. The Bertz CT molecular complexity index is 795. The standard InChI is InChI=1S/C18H25F2N3O4S/c1-14(24)23(5-4-21-6-8-27-9-7-21)17-2-3-22(13-17)28(25,26)18-11-15(19)10-16(20)12-18/h10-12,17H,2-9,13H2,1H3. The van der Waals surface area contributed by atoms with Crippen molar-refractivity contribution in [3.8, 4) is 0 Å². The largest absolute Gasteiger partial charge is 0.379 e. The maximum absolute atomic E-state index is 13.4. The summed E-state index contributed by atoms with van der Waals surface area (Å²) in [5.74, 6) is -2.00. The number of amides is 1. The van der Waals surface area contributed by atoms with Gasteiger partial charge in [-0.3, -0.25) is 9.69 Å². The molecule has 156 valence electrons. The Balaban J connectivity index is 1.66. The van der Waals surface area contributed by atoms with Crippen LogP contribution in [-0.2, 0) is 19.6 Å². The van der Waals surface area contributed by atoms with E-state index in [0.717, 1.165) is 25.2 Å². The van der Waals surface area contributed by atoms with E-state index in [0.29, 0.717) is 38.8 Å². The molecular weight excluding hydrogens is 392 g/mol. The van der Waals surface area contributed by atoms with Gasteiger partial charge in [-0.05, 0) is 18.6 Å². The minimum absolute atomic E-state index is 0.114. The van der Waals surface area contributed by atoms with Crippen LogP contribution in [0.3, 0.4) is 0 Å². The molecule has 2 aliphatic rings. The lowest BCUT2D eigenvalue weighted by Crippen LogP contribution is -2.47. The lowest BCUT2D eigenvalue weighted by Gasteiger charge is -2.32. The molecule has 2 fully saturated rings. The quantitative estimate of drug-likeness (QED) is 0.688. The topological polar surface area (TPSA) is 70.2 Å². The van der Waals surface area contributed by atoms with Crippen molar-refractivity contribution in [3.63, 3.8) is 0 Å². The van der Waals surface area contributed by atoms with Crippen LogP contribution in [0, 0.1) is 11.6 Å². The van der Waals surface area contributed by atoms with Crippen molar-refractivity contribution < 1.29 is 26.7 Å². The number of nitrogens with zero attached hydrogens (tertiary/aromatic N) is 3. The number of halogens is 2. The van der Waals surface area contributed by atoms with Crippen molar-refractivity contribution in [3.05, 3.63) is 29.8 Å². The molecule has 0 aromatic heterocycles. The van der Waals surface area contributed by atoms with Gasteiger partial charge in [-0.15, -0.1) is 0 Å². The molecule has 1 unspecified atom stereocenters. The van der Waals surface area contributed by atoms with E-state index >= 15 is 0 Å². The van der Waals surface area contributed by atoms with Crippen LogP contribution in [0.5, 0.6) is 0 Å². The Hall–Kier alpha value is -1.62. The number of benzene rings is 1. The van der Waals surface area contributed by atoms with Gasteiger partial charge in [0, 0.05) is 58.3 Å². The SMILES string of the molecule is CC(=O)N(CCN1CCOCC1)C1CCN(S(=O)(=O)c2cc(F)cc(F)c2)C1. The van der Waals surface area contributed by atoms with Crippen molar-refractivity contribution in [1.82, 2.24) is 14.1 Å². The highest BCUT2D eigenvalue weighted by molar-refractivity contribution is 7.89. The molecule has 3 rings (SSSR count). The van der Waals surface area contributed by atoms with Gasteiger partial charge >= 0.3 is 0 Å². The minimum Gasteiger partial charge on any atom is -0.379 e. The summed E-state index contributed by atoms with van der Waals surface area (Å²) in [7, 11) is -4.02. The molecule has 28 heavy (non-hydrogen) atoms. The summed E-state index contributed by atoms with van der Waals surface area (Å²) in [6, 6.07) is 2.00. The van der Waals surface area contributed by atoms with E-state index in [-0.39, 0.29) is 25.0 Å². The molecule has 2 saturated heterocycles. The molecule has 0 spiro atoms. The number of carbonyl (C=O) groups excluding carboxylic acids is 1. The zero-order chi connectivity index (χ0) is 20.3. The molecule has 1 amide bonds. The van der Waals surface area contributed by atoms with Gasteiger partial charge in [0.1, 0.15) is 11.6 Å². The van der Waals surface area contributed by atoms with Gasteiger partial charge in [-0.2, -0.15) is 4.31 Å². The number of morpholine rings is 1. The van der Waals surface area contributed by atoms with E-state index in [1.807, 2.05) is 0 Å². The van der Waals surface area contributed by atoms with Crippen LogP contribution in [0.15, 0.2) is 23.1 Å². The fraction of sp³-hybridized carbons (Fsp3) is 0.611. The van der Waals surface area contributed by atoms with E-state index in [4.69, 9.17) is 4.74 Å². The summed E-state index contributed by atoms with van der Waals surface area (Å²) in [6.07, 6.45) is 0.486. The Morgan fingerprint density at radius 3 is 2.43 bits per heavy atom. The van der Waals surface area contributed by atoms with Crippen molar-refractivity contribution in [1.29, 1.82) is 0 Å². The van der Waals surface area contributed by atoms with Crippen molar-refractivity contribution in [2.75, 3.05) is 52.5 Å². The first kappa shape index (κ1) is 21.1. The van der Waals surface area contributed by atoms with Crippen LogP contribution in [0.2, 0.25) is 0 Å². The molecular formula is C18H25F2N3O4S. The van der Waals surface area contributed by atoms with Crippen molar-refractivity contribution in [2.45, 2.75) is 24.3 Å². The zero-order valence-electron chi connectivity index (χ0n) is 15.8. The maximum Gasteiger partial charge on any atom is 0.243 e. The fourth-order valence-corrected chi connectivity index (χ4v) is 5.22. The van der Waals surface area contributed by atoms with Crippen LogP contribution in [0.4, 0.5) is 8.78 Å². The molecule has 10 heteroatoms. The average Bonchev–Trinajstić information content (AvgIpc) is 3.12. The van der Waals surface area contributed by atoms with Crippen LogP contribution < -0.4 is 0 Å². The van der Waals surface area contributed by atoms with Gasteiger partial charge in [0.15, 0.2) is 0 Å². The molecule has 7 nitrogen and oxygen atoms in total. The predicted molar refractivity (Wildman–Crippen MR) is 98.2 cm³/mol. The first-order valence-corrected chi connectivity index (χ1v) is 10.7. The molecule has 1 atom stereocenters. The second kappa shape index (κ2) is 8.81.